The van der Waals surface area contributed by atoms with Crippen LogP contribution in [0.5, 0.6) is 0 Å². The highest BCUT2D eigenvalue weighted by Gasteiger charge is 2.33. The standard InChI is InChI=1S/C10H20N2O3/c1-7(13)11-9-5-8(12-15-9)10(2,3)6-14-4/h5,7-8,11-13H,6H2,1-4H3. The molecule has 0 aliphatic carbocycles. The fourth-order valence-corrected chi connectivity index (χ4v) is 1.48. The Kier molecular flexibility index (Phi) is 3.96. The van der Waals surface area contributed by atoms with E-state index in [1.165, 1.54) is 0 Å². The maximum atomic E-state index is 9.12. The van der Waals surface area contributed by atoms with Gasteiger partial charge in [0.15, 0.2) is 0 Å². The van der Waals surface area contributed by atoms with Crippen LogP contribution in [0.2, 0.25) is 0 Å². The van der Waals surface area contributed by atoms with Crippen LogP contribution < -0.4 is 10.8 Å². The molecule has 0 saturated carbocycles. The van der Waals surface area contributed by atoms with Gasteiger partial charge in [-0.3, -0.25) is 0 Å². The van der Waals surface area contributed by atoms with Gasteiger partial charge >= 0.3 is 0 Å². The van der Waals surface area contributed by atoms with Crippen molar-refractivity contribution in [3.05, 3.63) is 12.0 Å². The summed E-state index contributed by atoms with van der Waals surface area (Å²) in [5.74, 6) is 0.555. The highest BCUT2D eigenvalue weighted by atomic mass is 16.7. The molecule has 1 aliphatic rings. The van der Waals surface area contributed by atoms with Crippen LogP contribution in [0.4, 0.5) is 0 Å². The van der Waals surface area contributed by atoms with Gasteiger partial charge in [0.2, 0.25) is 5.88 Å². The zero-order valence-corrected chi connectivity index (χ0v) is 9.70. The van der Waals surface area contributed by atoms with Crippen LogP contribution in [0.15, 0.2) is 12.0 Å². The molecule has 0 aromatic carbocycles. The predicted octanol–water partition coefficient (Wildman–Crippen LogP) is 0.332. The Morgan fingerprint density at radius 2 is 2.40 bits per heavy atom. The molecule has 2 atom stereocenters. The van der Waals surface area contributed by atoms with Gasteiger partial charge in [-0.1, -0.05) is 13.8 Å². The molecule has 1 heterocycles. The minimum atomic E-state index is -0.623. The molecule has 5 nitrogen and oxygen atoms in total. The topological polar surface area (TPSA) is 62.8 Å². The van der Waals surface area contributed by atoms with Gasteiger partial charge in [-0.2, -0.15) is 0 Å². The first-order valence-corrected chi connectivity index (χ1v) is 5.03. The third kappa shape index (κ3) is 3.37. The molecule has 0 aromatic heterocycles. The summed E-state index contributed by atoms with van der Waals surface area (Å²) in [4.78, 5) is 5.19. The highest BCUT2D eigenvalue weighted by molar-refractivity contribution is 5.07. The van der Waals surface area contributed by atoms with Gasteiger partial charge in [-0.05, 0) is 13.0 Å². The molecule has 1 rings (SSSR count). The third-order valence-corrected chi connectivity index (χ3v) is 2.32. The molecule has 0 radical (unpaired) electrons. The van der Waals surface area contributed by atoms with E-state index in [1.54, 1.807) is 14.0 Å². The smallest absolute Gasteiger partial charge is 0.211 e. The molecule has 0 fully saturated rings. The first kappa shape index (κ1) is 12.3. The van der Waals surface area contributed by atoms with Crippen LogP contribution in [-0.2, 0) is 9.57 Å². The average Bonchev–Trinajstić information content (AvgIpc) is 2.51. The molecule has 0 aromatic rings. The molecule has 0 spiro atoms. The van der Waals surface area contributed by atoms with Crippen LogP contribution in [0.3, 0.4) is 0 Å². The molecule has 5 heteroatoms. The maximum Gasteiger partial charge on any atom is 0.211 e. The van der Waals surface area contributed by atoms with Crippen LogP contribution in [0.1, 0.15) is 20.8 Å². The van der Waals surface area contributed by atoms with E-state index in [0.717, 1.165) is 0 Å². The first-order chi connectivity index (χ1) is 6.95. The lowest BCUT2D eigenvalue weighted by molar-refractivity contribution is 0.0235. The summed E-state index contributed by atoms with van der Waals surface area (Å²) >= 11 is 0. The summed E-state index contributed by atoms with van der Waals surface area (Å²) in [5, 5.41) is 11.9. The molecule has 0 bridgehead atoms. The van der Waals surface area contributed by atoms with Gasteiger partial charge in [0.25, 0.3) is 0 Å². The summed E-state index contributed by atoms with van der Waals surface area (Å²) in [6.45, 7) is 6.43. The van der Waals surface area contributed by atoms with Crippen molar-refractivity contribution in [3.8, 4) is 0 Å². The van der Waals surface area contributed by atoms with Crippen LogP contribution in [-0.4, -0.2) is 31.1 Å². The fourth-order valence-electron chi connectivity index (χ4n) is 1.48. The van der Waals surface area contributed by atoms with Gasteiger partial charge in [-0.25, -0.2) is 0 Å². The van der Waals surface area contributed by atoms with E-state index in [0.29, 0.717) is 12.5 Å². The van der Waals surface area contributed by atoms with Gasteiger partial charge in [-0.15, -0.1) is 5.48 Å². The van der Waals surface area contributed by atoms with E-state index in [2.05, 4.69) is 24.6 Å². The minimum absolute atomic E-state index is 0.0587. The van der Waals surface area contributed by atoms with E-state index in [-0.39, 0.29) is 11.5 Å². The minimum Gasteiger partial charge on any atom is -0.390 e. The number of aliphatic hydroxyl groups is 1. The van der Waals surface area contributed by atoms with Gasteiger partial charge in [0, 0.05) is 12.5 Å². The average molecular weight is 216 g/mol. The number of hydrogen-bond acceptors (Lipinski definition) is 5. The normalized spacial score (nSPS) is 23.3. The molecule has 1 aliphatic heterocycles. The SMILES string of the molecule is COCC(C)(C)C1C=C(NC(C)O)ON1. The van der Waals surface area contributed by atoms with Crippen molar-refractivity contribution in [2.24, 2.45) is 5.41 Å². The Morgan fingerprint density at radius 1 is 1.73 bits per heavy atom. The molecule has 2 unspecified atom stereocenters. The Morgan fingerprint density at radius 3 is 2.93 bits per heavy atom. The lowest BCUT2D eigenvalue weighted by atomic mass is 9.86. The highest BCUT2D eigenvalue weighted by Crippen LogP contribution is 2.25. The lowest BCUT2D eigenvalue weighted by Gasteiger charge is -2.28. The van der Waals surface area contributed by atoms with Crippen molar-refractivity contribution in [2.45, 2.75) is 33.0 Å². The summed E-state index contributed by atoms with van der Waals surface area (Å²) < 4.78 is 5.14. The molecule has 88 valence electrons. The van der Waals surface area contributed by atoms with Crippen molar-refractivity contribution in [2.75, 3.05) is 13.7 Å². The second kappa shape index (κ2) is 4.83. The summed E-state index contributed by atoms with van der Waals surface area (Å²) in [6, 6.07) is 0.0682. The molecule has 3 N–H and O–H groups in total. The quantitative estimate of drug-likeness (QED) is 0.578. The molecule has 0 amide bonds. The van der Waals surface area contributed by atoms with Crippen molar-refractivity contribution >= 4 is 0 Å². The zero-order valence-electron chi connectivity index (χ0n) is 9.70. The van der Waals surface area contributed by atoms with Crippen LogP contribution in [0, 0.1) is 5.41 Å². The molecule has 15 heavy (non-hydrogen) atoms. The van der Waals surface area contributed by atoms with Gasteiger partial charge in [0.05, 0.1) is 12.6 Å². The second-order valence-electron chi connectivity index (χ2n) is 4.47. The van der Waals surface area contributed by atoms with E-state index >= 15 is 0 Å². The van der Waals surface area contributed by atoms with Crippen molar-refractivity contribution in [1.29, 1.82) is 0 Å². The fraction of sp³-hybridized carbons (Fsp3) is 0.800. The number of methoxy groups -OCH3 is 1. The number of ether oxygens (including phenoxy) is 1. The van der Waals surface area contributed by atoms with Crippen molar-refractivity contribution in [1.82, 2.24) is 10.8 Å². The lowest BCUT2D eigenvalue weighted by Crippen LogP contribution is -2.39. The Hall–Kier alpha value is -0.780. The predicted molar refractivity (Wildman–Crippen MR) is 56.6 cm³/mol. The monoisotopic (exact) mass is 216 g/mol. The zero-order chi connectivity index (χ0) is 11.5. The summed E-state index contributed by atoms with van der Waals surface area (Å²) in [6.07, 6.45) is 1.29. The van der Waals surface area contributed by atoms with Crippen molar-refractivity contribution < 1.29 is 14.7 Å². The van der Waals surface area contributed by atoms with E-state index in [4.69, 9.17) is 14.7 Å². The summed E-state index contributed by atoms with van der Waals surface area (Å²) in [5.41, 5.74) is 2.83. The molecular formula is C10H20N2O3. The number of hydroxylamine groups is 1. The molecular weight excluding hydrogens is 196 g/mol. The maximum absolute atomic E-state index is 9.12. The number of nitrogens with one attached hydrogen (secondary N) is 2. The van der Waals surface area contributed by atoms with Crippen molar-refractivity contribution in [3.63, 3.8) is 0 Å². The first-order valence-electron chi connectivity index (χ1n) is 5.03. The van der Waals surface area contributed by atoms with Crippen LogP contribution >= 0.6 is 0 Å². The molecule has 0 saturated heterocycles. The summed E-state index contributed by atoms with van der Waals surface area (Å²) in [7, 11) is 1.68. The number of hydrogen-bond donors (Lipinski definition) is 3. The Labute approximate surface area is 90.4 Å². The number of rotatable bonds is 5. The largest absolute Gasteiger partial charge is 0.390 e. The number of aliphatic hydroxyl groups excluding tert-OH is 1. The van der Waals surface area contributed by atoms with Crippen LogP contribution in [0.25, 0.3) is 0 Å². The van der Waals surface area contributed by atoms with E-state index < -0.39 is 6.23 Å². The Balaban J connectivity index is 2.56. The Bertz CT molecular complexity index is 239. The van der Waals surface area contributed by atoms with E-state index in [1.807, 2.05) is 6.08 Å². The third-order valence-electron chi connectivity index (χ3n) is 2.32. The van der Waals surface area contributed by atoms with Gasteiger partial charge in [0.1, 0.15) is 6.23 Å². The van der Waals surface area contributed by atoms with E-state index in [9.17, 15) is 0 Å². The second-order valence-corrected chi connectivity index (χ2v) is 4.47. The van der Waals surface area contributed by atoms with Gasteiger partial charge < -0.3 is 20.0 Å².